The number of rotatable bonds is 5. The highest BCUT2D eigenvalue weighted by Crippen LogP contribution is 2.20. The molecule has 2 aliphatic rings. The van der Waals surface area contributed by atoms with Gasteiger partial charge in [-0.3, -0.25) is 4.79 Å². The summed E-state index contributed by atoms with van der Waals surface area (Å²) in [6.07, 6.45) is 7.79. The number of likely N-dealkylation sites (tertiary alicyclic amines) is 2. The molecule has 2 unspecified atom stereocenters. The molecule has 134 valence electrons. The standard InChI is InChI=1S/C20H27N3O2/c1-16(15-22-13-6-10-19(22)24)21-20(25)23-14-5-9-18(23)12-11-17-7-3-2-4-8-17/h2-4,7-8,11-12,16,18H,5-6,9-10,13-15H2,1H3,(H,21,25)/b12-11+. The Balaban J connectivity index is 1.53. The Hall–Kier alpha value is -2.30. The summed E-state index contributed by atoms with van der Waals surface area (Å²) in [5.41, 5.74) is 1.15. The summed E-state index contributed by atoms with van der Waals surface area (Å²) in [5.74, 6) is 0.200. The zero-order valence-corrected chi connectivity index (χ0v) is 14.9. The summed E-state index contributed by atoms with van der Waals surface area (Å²) in [7, 11) is 0. The topological polar surface area (TPSA) is 52.7 Å². The molecular formula is C20H27N3O2. The van der Waals surface area contributed by atoms with E-state index in [-0.39, 0.29) is 24.0 Å². The molecule has 3 rings (SSSR count). The molecule has 0 bridgehead atoms. The van der Waals surface area contributed by atoms with Crippen molar-refractivity contribution in [3.05, 3.63) is 42.0 Å². The fourth-order valence-electron chi connectivity index (χ4n) is 3.60. The Morgan fingerprint density at radius 2 is 2.08 bits per heavy atom. The minimum atomic E-state index is -0.0334. The normalized spacial score (nSPS) is 22.0. The molecule has 2 atom stereocenters. The van der Waals surface area contributed by atoms with Crippen LogP contribution in [0.15, 0.2) is 36.4 Å². The number of urea groups is 1. The summed E-state index contributed by atoms with van der Waals surface area (Å²) in [6.45, 7) is 4.16. The van der Waals surface area contributed by atoms with Crippen molar-refractivity contribution in [2.75, 3.05) is 19.6 Å². The number of hydrogen-bond acceptors (Lipinski definition) is 2. The van der Waals surface area contributed by atoms with Crippen LogP contribution < -0.4 is 5.32 Å². The lowest BCUT2D eigenvalue weighted by Crippen LogP contribution is -2.49. The van der Waals surface area contributed by atoms with Gasteiger partial charge >= 0.3 is 6.03 Å². The van der Waals surface area contributed by atoms with E-state index in [0.29, 0.717) is 13.0 Å². The predicted octanol–water partition coefficient (Wildman–Crippen LogP) is 2.88. The smallest absolute Gasteiger partial charge is 0.318 e. The average molecular weight is 341 g/mol. The van der Waals surface area contributed by atoms with Gasteiger partial charge in [-0.05, 0) is 31.7 Å². The number of amides is 3. The highest BCUT2D eigenvalue weighted by Gasteiger charge is 2.28. The molecule has 1 aromatic carbocycles. The van der Waals surface area contributed by atoms with Crippen LogP contribution in [0.3, 0.4) is 0 Å². The molecule has 25 heavy (non-hydrogen) atoms. The van der Waals surface area contributed by atoms with Gasteiger partial charge in [0.15, 0.2) is 0 Å². The lowest BCUT2D eigenvalue weighted by atomic mass is 10.1. The fourth-order valence-corrected chi connectivity index (χ4v) is 3.60. The van der Waals surface area contributed by atoms with Crippen LogP contribution >= 0.6 is 0 Å². The van der Waals surface area contributed by atoms with E-state index in [0.717, 1.165) is 37.9 Å². The van der Waals surface area contributed by atoms with E-state index in [9.17, 15) is 9.59 Å². The third-order valence-electron chi connectivity index (χ3n) is 4.91. The number of hydrogen-bond donors (Lipinski definition) is 1. The number of carbonyl (C=O) groups is 2. The Kier molecular flexibility index (Phi) is 5.74. The predicted molar refractivity (Wildman–Crippen MR) is 99.0 cm³/mol. The van der Waals surface area contributed by atoms with Gasteiger partial charge in [-0.1, -0.05) is 42.5 Å². The zero-order chi connectivity index (χ0) is 17.6. The van der Waals surface area contributed by atoms with Crippen molar-refractivity contribution in [3.63, 3.8) is 0 Å². The van der Waals surface area contributed by atoms with E-state index >= 15 is 0 Å². The number of nitrogens with zero attached hydrogens (tertiary/aromatic N) is 2. The van der Waals surface area contributed by atoms with Crippen LogP contribution in [0.4, 0.5) is 4.79 Å². The van der Waals surface area contributed by atoms with Crippen LogP contribution in [0, 0.1) is 0 Å². The largest absolute Gasteiger partial charge is 0.341 e. The third-order valence-corrected chi connectivity index (χ3v) is 4.91. The van der Waals surface area contributed by atoms with Crippen LogP contribution in [-0.2, 0) is 4.79 Å². The minimum Gasteiger partial charge on any atom is -0.341 e. The molecule has 2 fully saturated rings. The molecule has 0 saturated carbocycles. The summed E-state index contributed by atoms with van der Waals surface area (Å²) in [4.78, 5) is 28.1. The Morgan fingerprint density at radius 1 is 1.28 bits per heavy atom. The number of carbonyl (C=O) groups excluding carboxylic acids is 2. The molecular weight excluding hydrogens is 314 g/mol. The second-order valence-electron chi connectivity index (χ2n) is 6.97. The molecule has 0 aliphatic carbocycles. The summed E-state index contributed by atoms with van der Waals surface area (Å²) >= 11 is 0. The van der Waals surface area contributed by atoms with Gasteiger partial charge in [-0.2, -0.15) is 0 Å². The monoisotopic (exact) mass is 341 g/mol. The van der Waals surface area contributed by atoms with E-state index in [4.69, 9.17) is 0 Å². The van der Waals surface area contributed by atoms with Crippen molar-refractivity contribution in [2.24, 2.45) is 0 Å². The van der Waals surface area contributed by atoms with E-state index in [1.54, 1.807) is 0 Å². The number of nitrogens with one attached hydrogen (secondary N) is 1. The van der Waals surface area contributed by atoms with Crippen molar-refractivity contribution in [1.82, 2.24) is 15.1 Å². The first kappa shape index (κ1) is 17.5. The molecule has 1 aromatic rings. The van der Waals surface area contributed by atoms with Gasteiger partial charge in [0.2, 0.25) is 5.91 Å². The lowest BCUT2D eigenvalue weighted by Gasteiger charge is -2.27. The first-order valence-corrected chi connectivity index (χ1v) is 9.21. The van der Waals surface area contributed by atoms with Crippen molar-refractivity contribution < 1.29 is 9.59 Å². The summed E-state index contributed by atoms with van der Waals surface area (Å²) in [5, 5.41) is 3.06. The molecule has 5 nitrogen and oxygen atoms in total. The van der Waals surface area contributed by atoms with Crippen LogP contribution in [0.2, 0.25) is 0 Å². The van der Waals surface area contributed by atoms with Crippen molar-refractivity contribution in [2.45, 2.75) is 44.7 Å². The van der Waals surface area contributed by atoms with E-state index in [1.165, 1.54) is 0 Å². The fraction of sp³-hybridized carbons (Fsp3) is 0.500. The maximum atomic E-state index is 12.6. The molecule has 2 saturated heterocycles. The second kappa shape index (κ2) is 8.19. The third kappa shape index (κ3) is 4.62. The molecule has 2 heterocycles. The van der Waals surface area contributed by atoms with E-state index < -0.39 is 0 Å². The first-order valence-electron chi connectivity index (χ1n) is 9.21. The average Bonchev–Trinajstić information content (AvgIpc) is 3.23. The van der Waals surface area contributed by atoms with Crippen molar-refractivity contribution in [3.8, 4) is 0 Å². The Morgan fingerprint density at radius 3 is 2.80 bits per heavy atom. The second-order valence-corrected chi connectivity index (χ2v) is 6.97. The zero-order valence-electron chi connectivity index (χ0n) is 14.9. The maximum absolute atomic E-state index is 12.6. The van der Waals surface area contributed by atoms with Crippen LogP contribution in [0.1, 0.15) is 38.2 Å². The molecule has 1 N–H and O–H groups in total. The number of benzene rings is 1. The van der Waals surface area contributed by atoms with E-state index in [2.05, 4.69) is 29.6 Å². The minimum absolute atomic E-state index is 0.0284. The molecule has 3 amide bonds. The van der Waals surface area contributed by atoms with Crippen LogP contribution in [0.25, 0.3) is 6.08 Å². The van der Waals surface area contributed by atoms with Gasteiger partial charge in [0.25, 0.3) is 0 Å². The van der Waals surface area contributed by atoms with Gasteiger partial charge in [-0.15, -0.1) is 0 Å². The molecule has 0 spiro atoms. The quantitative estimate of drug-likeness (QED) is 0.895. The highest BCUT2D eigenvalue weighted by atomic mass is 16.2. The van der Waals surface area contributed by atoms with Gasteiger partial charge in [0, 0.05) is 32.1 Å². The summed E-state index contributed by atoms with van der Waals surface area (Å²) < 4.78 is 0. The maximum Gasteiger partial charge on any atom is 0.318 e. The highest BCUT2D eigenvalue weighted by molar-refractivity contribution is 5.78. The Labute approximate surface area is 149 Å². The molecule has 0 aromatic heterocycles. The van der Waals surface area contributed by atoms with Crippen molar-refractivity contribution >= 4 is 18.0 Å². The molecule has 2 aliphatic heterocycles. The SMILES string of the molecule is CC(CN1CCCC1=O)NC(=O)N1CCCC1/C=C/c1ccccc1. The van der Waals surface area contributed by atoms with Crippen molar-refractivity contribution in [1.29, 1.82) is 0 Å². The van der Waals surface area contributed by atoms with Crippen LogP contribution in [0.5, 0.6) is 0 Å². The van der Waals surface area contributed by atoms with Gasteiger partial charge in [0.05, 0.1) is 6.04 Å². The molecule has 5 heteroatoms. The lowest BCUT2D eigenvalue weighted by molar-refractivity contribution is -0.127. The Bertz CT molecular complexity index is 629. The van der Waals surface area contributed by atoms with Crippen LogP contribution in [-0.4, -0.2) is 53.5 Å². The van der Waals surface area contributed by atoms with Gasteiger partial charge in [0.1, 0.15) is 0 Å². The summed E-state index contributed by atoms with van der Waals surface area (Å²) in [6, 6.07) is 10.2. The van der Waals surface area contributed by atoms with Gasteiger partial charge in [-0.25, -0.2) is 4.79 Å². The first-order chi connectivity index (χ1) is 12.1. The van der Waals surface area contributed by atoms with E-state index in [1.807, 2.05) is 34.9 Å². The molecule has 0 radical (unpaired) electrons. The van der Waals surface area contributed by atoms with Gasteiger partial charge < -0.3 is 15.1 Å².